The molecule has 1 heterocycles. The van der Waals surface area contributed by atoms with E-state index in [1.54, 1.807) is 13.2 Å². The topological polar surface area (TPSA) is 65.1 Å². The number of ether oxygens (including phenoxy) is 1. The van der Waals surface area contributed by atoms with Gasteiger partial charge in [-0.3, -0.25) is 16.0 Å². The molecule has 21 heavy (non-hydrogen) atoms. The Balaban J connectivity index is 2.36. The Morgan fingerprint density at radius 3 is 2.76 bits per heavy atom. The van der Waals surface area contributed by atoms with E-state index < -0.39 is 0 Å². The number of rotatable bonds is 5. The molecule has 0 fully saturated rings. The Labute approximate surface area is 137 Å². The molecule has 0 bridgehead atoms. The molecule has 5 nitrogen and oxygen atoms in total. The quantitative estimate of drug-likeness (QED) is 0.625. The van der Waals surface area contributed by atoms with Gasteiger partial charge < -0.3 is 4.74 Å². The highest BCUT2D eigenvalue weighted by Gasteiger charge is 2.20. The number of hydrazine groups is 1. The molecule has 1 unspecified atom stereocenters. The third-order valence-corrected chi connectivity index (χ3v) is 4.70. The smallest absolute Gasteiger partial charge is 0.125 e. The van der Waals surface area contributed by atoms with Gasteiger partial charge in [0.05, 0.1) is 29.0 Å². The van der Waals surface area contributed by atoms with Crippen LogP contribution in [0.15, 0.2) is 22.7 Å². The minimum absolute atomic E-state index is 0.108. The van der Waals surface area contributed by atoms with Crippen LogP contribution in [0.25, 0.3) is 0 Å². The number of aromatic nitrogens is 2. The van der Waals surface area contributed by atoms with Gasteiger partial charge in [0.25, 0.3) is 0 Å². The van der Waals surface area contributed by atoms with E-state index in [1.165, 1.54) is 0 Å². The monoisotopic (exact) mass is 372 g/mol. The molecule has 7 heteroatoms. The van der Waals surface area contributed by atoms with E-state index in [9.17, 15) is 0 Å². The first-order valence-electron chi connectivity index (χ1n) is 6.45. The van der Waals surface area contributed by atoms with Crippen LogP contribution < -0.4 is 16.0 Å². The summed E-state index contributed by atoms with van der Waals surface area (Å²) in [4.78, 5) is 0. The summed E-state index contributed by atoms with van der Waals surface area (Å²) in [5, 5.41) is 5.03. The maximum atomic E-state index is 6.00. The van der Waals surface area contributed by atoms with E-state index in [2.05, 4.69) is 26.5 Å². The lowest BCUT2D eigenvalue weighted by Crippen LogP contribution is -2.30. The summed E-state index contributed by atoms with van der Waals surface area (Å²) >= 11 is 9.58. The molecule has 0 saturated heterocycles. The lowest BCUT2D eigenvalue weighted by molar-refractivity contribution is 0.398. The van der Waals surface area contributed by atoms with Crippen molar-refractivity contribution in [1.29, 1.82) is 0 Å². The largest absolute Gasteiger partial charge is 0.496 e. The van der Waals surface area contributed by atoms with Crippen molar-refractivity contribution in [2.24, 2.45) is 12.9 Å². The van der Waals surface area contributed by atoms with E-state index in [4.69, 9.17) is 22.2 Å². The SMILES string of the molecule is COc1cc(Cl)ccc1C(Cc1c(Br)c(C)nn1C)NN. The molecular weight excluding hydrogens is 356 g/mol. The maximum Gasteiger partial charge on any atom is 0.125 e. The van der Waals surface area contributed by atoms with Crippen molar-refractivity contribution in [1.82, 2.24) is 15.2 Å². The van der Waals surface area contributed by atoms with Crippen molar-refractivity contribution in [2.75, 3.05) is 7.11 Å². The molecule has 0 amide bonds. The lowest BCUT2D eigenvalue weighted by atomic mass is 10.0. The number of benzene rings is 1. The van der Waals surface area contributed by atoms with Crippen molar-refractivity contribution in [3.05, 3.63) is 44.6 Å². The Morgan fingerprint density at radius 2 is 2.24 bits per heavy atom. The van der Waals surface area contributed by atoms with Gasteiger partial charge in [-0.1, -0.05) is 17.7 Å². The van der Waals surface area contributed by atoms with Crippen LogP contribution in [0, 0.1) is 6.92 Å². The van der Waals surface area contributed by atoms with Crippen molar-refractivity contribution >= 4 is 27.5 Å². The molecule has 0 spiro atoms. The number of halogens is 2. The van der Waals surface area contributed by atoms with E-state index in [-0.39, 0.29) is 6.04 Å². The average molecular weight is 374 g/mol. The van der Waals surface area contributed by atoms with Crippen LogP contribution in [0.1, 0.15) is 23.0 Å². The molecule has 2 aromatic rings. The number of nitrogens with one attached hydrogen (secondary N) is 1. The fraction of sp³-hybridized carbons (Fsp3) is 0.357. The molecule has 0 saturated carbocycles. The van der Waals surface area contributed by atoms with Crippen molar-refractivity contribution in [3.8, 4) is 5.75 Å². The van der Waals surface area contributed by atoms with E-state index >= 15 is 0 Å². The zero-order chi connectivity index (χ0) is 15.6. The van der Waals surface area contributed by atoms with Gasteiger partial charge in [0, 0.05) is 24.1 Å². The normalized spacial score (nSPS) is 12.5. The molecule has 0 aliphatic carbocycles. The number of nitrogens with zero attached hydrogens (tertiary/aromatic N) is 2. The molecule has 0 aliphatic heterocycles. The second-order valence-electron chi connectivity index (χ2n) is 4.78. The molecule has 0 radical (unpaired) electrons. The average Bonchev–Trinajstić information content (AvgIpc) is 2.70. The number of aryl methyl sites for hydroxylation is 2. The first-order chi connectivity index (χ1) is 9.97. The maximum absolute atomic E-state index is 6.00. The molecule has 0 aliphatic rings. The van der Waals surface area contributed by atoms with E-state index in [0.29, 0.717) is 17.2 Å². The number of nitrogens with two attached hydrogens (primary N) is 1. The molecule has 114 valence electrons. The van der Waals surface area contributed by atoms with Crippen LogP contribution in [0.5, 0.6) is 5.75 Å². The van der Waals surface area contributed by atoms with Crippen LogP contribution in [0.4, 0.5) is 0 Å². The van der Waals surface area contributed by atoms with Gasteiger partial charge >= 0.3 is 0 Å². The Bertz CT molecular complexity index is 644. The molecule has 1 atom stereocenters. The number of hydrogen-bond acceptors (Lipinski definition) is 4. The Hall–Kier alpha value is -1.08. The van der Waals surface area contributed by atoms with Crippen LogP contribution in [0.3, 0.4) is 0 Å². The predicted octanol–water partition coefficient (Wildman–Crippen LogP) is 2.90. The summed E-state index contributed by atoms with van der Waals surface area (Å²) in [5.74, 6) is 6.45. The van der Waals surface area contributed by atoms with Gasteiger partial charge in [0.2, 0.25) is 0 Å². The third kappa shape index (κ3) is 3.40. The second-order valence-corrected chi connectivity index (χ2v) is 6.01. The van der Waals surface area contributed by atoms with Crippen LogP contribution in [-0.2, 0) is 13.5 Å². The number of methoxy groups -OCH3 is 1. The standard InChI is InChI=1S/C14H18BrClN4O/c1-8-14(15)12(20(2)19-8)7-11(18-17)10-5-4-9(16)6-13(10)21-3/h4-6,11,18H,7,17H2,1-3H3. The van der Waals surface area contributed by atoms with Gasteiger partial charge in [-0.25, -0.2) is 0 Å². The highest BCUT2D eigenvalue weighted by molar-refractivity contribution is 9.10. The Kier molecular flexibility index (Phi) is 5.27. The summed E-state index contributed by atoms with van der Waals surface area (Å²) in [6.07, 6.45) is 0.673. The van der Waals surface area contributed by atoms with Crippen molar-refractivity contribution in [2.45, 2.75) is 19.4 Å². The number of hydrogen-bond donors (Lipinski definition) is 2. The fourth-order valence-corrected chi connectivity index (χ4v) is 2.99. The van der Waals surface area contributed by atoms with Gasteiger partial charge in [-0.2, -0.15) is 5.10 Å². The zero-order valence-electron chi connectivity index (χ0n) is 12.2. The van der Waals surface area contributed by atoms with Crippen LogP contribution in [-0.4, -0.2) is 16.9 Å². The minimum atomic E-state index is -0.108. The van der Waals surface area contributed by atoms with Crippen molar-refractivity contribution < 1.29 is 4.74 Å². The molecule has 1 aromatic carbocycles. The van der Waals surface area contributed by atoms with Crippen molar-refractivity contribution in [3.63, 3.8) is 0 Å². The molecular formula is C14H18BrClN4O. The Morgan fingerprint density at radius 1 is 1.52 bits per heavy atom. The summed E-state index contributed by atoms with van der Waals surface area (Å²) < 4.78 is 8.25. The molecule has 1 aromatic heterocycles. The summed E-state index contributed by atoms with van der Waals surface area (Å²) in [6.45, 7) is 1.96. The third-order valence-electron chi connectivity index (χ3n) is 3.43. The zero-order valence-corrected chi connectivity index (χ0v) is 14.5. The van der Waals surface area contributed by atoms with Gasteiger partial charge in [0.15, 0.2) is 0 Å². The van der Waals surface area contributed by atoms with Crippen LogP contribution in [0.2, 0.25) is 5.02 Å². The summed E-state index contributed by atoms with van der Waals surface area (Å²) in [6, 6.07) is 5.42. The van der Waals surface area contributed by atoms with E-state index in [1.807, 2.05) is 30.8 Å². The first-order valence-corrected chi connectivity index (χ1v) is 7.62. The lowest BCUT2D eigenvalue weighted by Gasteiger charge is -2.19. The fourth-order valence-electron chi connectivity index (χ4n) is 2.33. The van der Waals surface area contributed by atoms with E-state index in [0.717, 1.165) is 21.4 Å². The van der Waals surface area contributed by atoms with Gasteiger partial charge in [0.1, 0.15) is 5.75 Å². The first kappa shape index (κ1) is 16.3. The molecule has 3 N–H and O–H groups in total. The highest BCUT2D eigenvalue weighted by atomic mass is 79.9. The van der Waals surface area contributed by atoms with Gasteiger partial charge in [-0.05, 0) is 35.0 Å². The predicted molar refractivity (Wildman–Crippen MR) is 87.4 cm³/mol. The minimum Gasteiger partial charge on any atom is -0.496 e. The van der Waals surface area contributed by atoms with Gasteiger partial charge in [-0.15, -0.1) is 0 Å². The summed E-state index contributed by atoms with van der Waals surface area (Å²) in [5.41, 5.74) is 5.81. The highest BCUT2D eigenvalue weighted by Crippen LogP contribution is 2.32. The van der Waals surface area contributed by atoms with Crippen LogP contribution >= 0.6 is 27.5 Å². The summed E-state index contributed by atoms with van der Waals surface area (Å²) in [7, 11) is 3.53. The molecule has 2 rings (SSSR count). The second kappa shape index (κ2) is 6.79.